The highest BCUT2D eigenvalue weighted by Crippen LogP contribution is 2.25. The second kappa shape index (κ2) is 4.74. The van der Waals surface area contributed by atoms with E-state index in [0.29, 0.717) is 5.92 Å². The maximum atomic E-state index is 5.34. The molecule has 0 aromatic carbocycles. The van der Waals surface area contributed by atoms with Crippen LogP contribution in [0, 0.1) is 5.92 Å². The molecule has 2 saturated heterocycles. The molecule has 1 N–H and O–H groups in total. The number of nitrogens with zero attached hydrogens (tertiary/aromatic N) is 1. The zero-order valence-electron chi connectivity index (χ0n) is 9.58. The number of amidine groups is 1. The molecular weight excluding hydrogens is 208 g/mol. The van der Waals surface area contributed by atoms with E-state index in [-0.39, 0.29) is 5.54 Å². The molecule has 2 aliphatic rings. The van der Waals surface area contributed by atoms with Crippen molar-refractivity contribution in [3.63, 3.8) is 0 Å². The molecule has 2 aliphatic heterocycles. The van der Waals surface area contributed by atoms with Crippen molar-refractivity contribution in [3.05, 3.63) is 0 Å². The van der Waals surface area contributed by atoms with Crippen LogP contribution in [0.4, 0.5) is 0 Å². The highest BCUT2D eigenvalue weighted by atomic mass is 32.2. The molecule has 2 atom stereocenters. The van der Waals surface area contributed by atoms with Crippen molar-refractivity contribution in [2.24, 2.45) is 10.9 Å². The molecular formula is C11H20N2OS. The van der Waals surface area contributed by atoms with Gasteiger partial charge in [-0.15, -0.1) is 0 Å². The van der Waals surface area contributed by atoms with Crippen molar-refractivity contribution in [3.8, 4) is 0 Å². The molecule has 2 heterocycles. The summed E-state index contributed by atoms with van der Waals surface area (Å²) in [5.74, 6) is 1.79. The Labute approximate surface area is 96.1 Å². The van der Waals surface area contributed by atoms with Gasteiger partial charge in [-0.1, -0.05) is 18.7 Å². The minimum absolute atomic E-state index is 0.260. The standard InChI is InChI=1S/C11H20N2OS/c1-3-11(2)8-15-10(13-11)12-6-9-4-5-14-7-9/h9H,3-8H2,1-2H3,(H,12,13). The van der Waals surface area contributed by atoms with Gasteiger partial charge in [-0.05, 0) is 19.8 Å². The number of thioether (sulfide) groups is 1. The Bertz CT molecular complexity index is 251. The molecule has 4 heteroatoms. The predicted octanol–water partition coefficient (Wildman–Crippen LogP) is 1.88. The van der Waals surface area contributed by atoms with E-state index in [1.165, 1.54) is 6.42 Å². The van der Waals surface area contributed by atoms with Crippen LogP contribution in [0.25, 0.3) is 0 Å². The normalized spacial score (nSPS) is 38.5. The highest BCUT2D eigenvalue weighted by molar-refractivity contribution is 8.14. The summed E-state index contributed by atoms with van der Waals surface area (Å²) in [6, 6.07) is 0. The Hall–Kier alpha value is -0.220. The molecule has 0 spiro atoms. The molecule has 0 aliphatic carbocycles. The van der Waals surface area contributed by atoms with Gasteiger partial charge in [0, 0.05) is 30.4 Å². The zero-order valence-corrected chi connectivity index (χ0v) is 10.4. The molecule has 0 amide bonds. The van der Waals surface area contributed by atoms with Gasteiger partial charge in [-0.2, -0.15) is 0 Å². The predicted molar refractivity (Wildman–Crippen MR) is 65.5 cm³/mol. The Kier molecular flexibility index (Phi) is 3.57. The topological polar surface area (TPSA) is 33.6 Å². The Balaban J connectivity index is 1.82. The molecule has 2 unspecified atom stereocenters. The zero-order chi connectivity index (χ0) is 10.7. The molecule has 15 heavy (non-hydrogen) atoms. The lowest BCUT2D eigenvalue weighted by atomic mass is 10.0. The third-order valence-corrected chi connectivity index (χ3v) is 4.52. The third kappa shape index (κ3) is 2.88. The van der Waals surface area contributed by atoms with Crippen LogP contribution in [-0.4, -0.2) is 36.2 Å². The Morgan fingerprint density at radius 1 is 1.67 bits per heavy atom. The fourth-order valence-corrected chi connectivity index (χ4v) is 2.99. The molecule has 0 aromatic heterocycles. The SMILES string of the molecule is CCC1(C)CSC(=NCC2CCOC2)N1. The van der Waals surface area contributed by atoms with E-state index in [0.717, 1.165) is 37.1 Å². The Morgan fingerprint density at radius 3 is 3.13 bits per heavy atom. The molecule has 0 saturated carbocycles. The first-order valence-electron chi connectivity index (χ1n) is 5.75. The van der Waals surface area contributed by atoms with E-state index in [9.17, 15) is 0 Å². The van der Waals surface area contributed by atoms with E-state index in [1.54, 1.807) is 0 Å². The number of nitrogens with one attached hydrogen (secondary N) is 1. The van der Waals surface area contributed by atoms with Gasteiger partial charge in [0.2, 0.25) is 0 Å². The average molecular weight is 228 g/mol. The maximum absolute atomic E-state index is 5.34. The van der Waals surface area contributed by atoms with Gasteiger partial charge >= 0.3 is 0 Å². The first-order chi connectivity index (χ1) is 7.22. The van der Waals surface area contributed by atoms with Gasteiger partial charge in [-0.3, -0.25) is 4.99 Å². The smallest absolute Gasteiger partial charge is 0.157 e. The summed E-state index contributed by atoms with van der Waals surface area (Å²) in [4.78, 5) is 4.64. The van der Waals surface area contributed by atoms with E-state index in [1.807, 2.05) is 11.8 Å². The summed E-state index contributed by atoms with van der Waals surface area (Å²) in [6.07, 6.45) is 2.33. The summed E-state index contributed by atoms with van der Waals surface area (Å²) < 4.78 is 5.34. The van der Waals surface area contributed by atoms with Crippen molar-refractivity contribution in [2.45, 2.75) is 32.2 Å². The molecule has 86 valence electrons. The van der Waals surface area contributed by atoms with Gasteiger partial charge < -0.3 is 10.1 Å². The van der Waals surface area contributed by atoms with Crippen LogP contribution in [0.1, 0.15) is 26.7 Å². The number of rotatable bonds is 3. The molecule has 0 aromatic rings. The largest absolute Gasteiger partial charge is 0.381 e. The molecule has 3 nitrogen and oxygen atoms in total. The third-order valence-electron chi connectivity index (χ3n) is 3.23. The van der Waals surface area contributed by atoms with Gasteiger partial charge in [0.15, 0.2) is 5.17 Å². The lowest BCUT2D eigenvalue weighted by Gasteiger charge is -2.20. The number of hydrogen-bond donors (Lipinski definition) is 1. The van der Waals surface area contributed by atoms with Gasteiger partial charge in [0.05, 0.1) is 6.61 Å². The van der Waals surface area contributed by atoms with Crippen molar-refractivity contribution in [1.29, 1.82) is 0 Å². The van der Waals surface area contributed by atoms with Crippen LogP contribution in [0.3, 0.4) is 0 Å². The number of aliphatic imine (C=N–C) groups is 1. The van der Waals surface area contributed by atoms with E-state index >= 15 is 0 Å². The number of hydrogen-bond acceptors (Lipinski definition) is 3. The molecule has 2 fully saturated rings. The average Bonchev–Trinajstić information content (AvgIpc) is 2.85. The van der Waals surface area contributed by atoms with Gasteiger partial charge in [0.1, 0.15) is 0 Å². The lowest BCUT2D eigenvalue weighted by Crippen LogP contribution is -2.39. The lowest BCUT2D eigenvalue weighted by molar-refractivity contribution is 0.187. The highest BCUT2D eigenvalue weighted by Gasteiger charge is 2.30. The van der Waals surface area contributed by atoms with Crippen LogP contribution in [0.15, 0.2) is 4.99 Å². The molecule has 0 radical (unpaired) electrons. The monoisotopic (exact) mass is 228 g/mol. The van der Waals surface area contributed by atoms with Crippen molar-refractivity contribution in [2.75, 3.05) is 25.5 Å². The minimum atomic E-state index is 0.260. The summed E-state index contributed by atoms with van der Waals surface area (Å²) >= 11 is 1.86. The maximum Gasteiger partial charge on any atom is 0.157 e. The van der Waals surface area contributed by atoms with Crippen molar-refractivity contribution < 1.29 is 4.74 Å². The molecule has 0 bridgehead atoms. The summed E-state index contributed by atoms with van der Waals surface area (Å²) in [5, 5.41) is 4.64. The van der Waals surface area contributed by atoms with Gasteiger partial charge in [0.25, 0.3) is 0 Å². The van der Waals surface area contributed by atoms with Crippen molar-refractivity contribution >= 4 is 16.9 Å². The minimum Gasteiger partial charge on any atom is -0.381 e. The van der Waals surface area contributed by atoms with E-state index < -0.39 is 0 Å². The van der Waals surface area contributed by atoms with Crippen LogP contribution in [0.2, 0.25) is 0 Å². The van der Waals surface area contributed by atoms with Crippen LogP contribution >= 0.6 is 11.8 Å². The fraction of sp³-hybridized carbons (Fsp3) is 0.909. The van der Waals surface area contributed by atoms with E-state index in [2.05, 4.69) is 24.2 Å². The van der Waals surface area contributed by atoms with Crippen LogP contribution < -0.4 is 5.32 Å². The van der Waals surface area contributed by atoms with Crippen LogP contribution in [-0.2, 0) is 4.74 Å². The summed E-state index contributed by atoms with van der Waals surface area (Å²) in [7, 11) is 0. The number of ether oxygens (including phenoxy) is 1. The second-order valence-corrected chi connectivity index (χ2v) is 5.67. The first-order valence-corrected chi connectivity index (χ1v) is 6.73. The van der Waals surface area contributed by atoms with E-state index in [4.69, 9.17) is 4.74 Å². The van der Waals surface area contributed by atoms with Crippen LogP contribution in [0.5, 0.6) is 0 Å². The Morgan fingerprint density at radius 2 is 2.53 bits per heavy atom. The second-order valence-electron chi connectivity index (χ2n) is 4.70. The van der Waals surface area contributed by atoms with Gasteiger partial charge in [-0.25, -0.2) is 0 Å². The fourth-order valence-electron chi connectivity index (χ4n) is 1.77. The van der Waals surface area contributed by atoms with Crippen molar-refractivity contribution in [1.82, 2.24) is 5.32 Å². The summed E-state index contributed by atoms with van der Waals surface area (Å²) in [6.45, 7) is 7.23. The summed E-state index contributed by atoms with van der Waals surface area (Å²) in [5.41, 5.74) is 0.260. The molecule has 2 rings (SSSR count). The quantitative estimate of drug-likeness (QED) is 0.801. The first kappa shape index (κ1) is 11.3.